The van der Waals surface area contributed by atoms with Gasteiger partial charge in [0.15, 0.2) is 0 Å². The average Bonchev–Trinajstić information content (AvgIpc) is 3.12. The van der Waals surface area contributed by atoms with Gasteiger partial charge in [0.1, 0.15) is 6.54 Å². The lowest BCUT2D eigenvalue weighted by atomic mass is 10.1. The van der Waals surface area contributed by atoms with E-state index in [0.29, 0.717) is 22.6 Å². The fourth-order valence-corrected chi connectivity index (χ4v) is 3.13. The van der Waals surface area contributed by atoms with Gasteiger partial charge < -0.3 is 5.32 Å². The SMILES string of the molecule is Cc1nn(Cc2cccc(C(F)(F)F)c2)c(C)c1NC(=O)Cn1cc(Br)cn1. The molecule has 0 fully saturated rings. The van der Waals surface area contributed by atoms with E-state index in [1.54, 1.807) is 37.0 Å². The van der Waals surface area contributed by atoms with Gasteiger partial charge in [0.25, 0.3) is 0 Å². The van der Waals surface area contributed by atoms with Gasteiger partial charge in [-0.1, -0.05) is 12.1 Å². The number of alkyl halides is 3. The lowest BCUT2D eigenvalue weighted by Gasteiger charge is -2.10. The van der Waals surface area contributed by atoms with Crippen LogP contribution in [0, 0.1) is 13.8 Å². The maximum Gasteiger partial charge on any atom is 0.416 e. The highest BCUT2D eigenvalue weighted by atomic mass is 79.9. The van der Waals surface area contributed by atoms with Crippen LogP contribution in [0.1, 0.15) is 22.5 Å². The Bertz CT molecular complexity index is 1010. The number of amides is 1. The summed E-state index contributed by atoms with van der Waals surface area (Å²) in [4.78, 5) is 12.3. The van der Waals surface area contributed by atoms with Crippen LogP contribution in [0.15, 0.2) is 41.1 Å². The molecule has 10 heteroatoms. The Morgan fingerprint density at radius 1 is 1.29 bits per heavy atom. The van der Waals surface area contributed by atoms with Gasteiger partial charge in [-0.3, -0.25) is 14.2 Å². The van der Waals surface area contributed by atoms with Crippen molar-refractivity contribution in [2.24, 2.45) is 0 Å². The molecule has 3 aromatic rings. The average molecular weight is 456 g/mol. The number of nitrogens with one attached hydrogen (secondary N) is 1. The van der Waals surface area contributed by atoms with Crippen LogP contribution in [0.4, 0.5) is 18.9 Å². The number of carbonyl (C=O) groups excluding carboxylic acids is 1. The predicted octanol–water partition coefficient (Wildman–Crippen LogP) is 4.16. The zero-order valence-electron chi connectivity index (χ0n) is 15.1. The third-order valence-corrected chi connectivity index (χ3v) is 4.55. The summed E-state index contributed by atoms with van der Waals surface area (Å²) in [6.45, 7) is 3.69. The third-order valence-electron chi connectivity index (χ3n) is 4.14. The van der Waals surface area contributed by atoms with Crippen molar-refractivity contribution in [3.05, 3.63) is 63.6 Å². The summed E-state index contributed by atoms with van der Waals surface area (Å²) in [5, 5.41) is 11.2. The number of hydrogen-bond acceptors (Lipinski definition) is 3. The third kappa shape index (κ3) is 4.61. The van der Waals surface area contributed by atoms with Gasteiger partial charge >= 0.3 is 6.18 Å². The van der Waals surface area contributed by atoms with Crippen molar-refractivity contribution in [3.8, 4) is 0 Å². The molecular formula is C18H17BrF3N5O. The minimum absolute atomic E-state index is 0.0310. The van der Waals surface area contributed by atoms with E-state index in [4.69, 9.17) is 0 Å². The number of anilines is 1. The Labute approximate surface area is 167 Å². The molecule has 28 heavy (non-hydrogen) atoms. The summed E-state index contributed by atoms with van der Waals surface area (Å²) in [5.41, 5.74) is 1.55. The highest BCUT2D eigenvalue weighted by Gasteiger charge is 2.30. The molecule has 0 aliphatic heterocycles. The van der Waals surface area contributed by atoms with Crippen molar-refractivity contribution in [3.63, 3.8) is 0 Å². The van der Waals surface area contributed by atoms with Gasteiger partial charge in [0, 0.05) is 6.20 Å². The summed E-state index contributed by atoms with van der Waals surface area (Å²) < 4.78 is 42.5. The molecule has 6 nitrogen and oxygen atoms in total. The fraction of sp³-hybridized carbons (Fsp3) is 0.278. The van der Waals surface area contributed by atoms with E-state index in [-0.39, 0.29) is 19.0 Å². The van der Waals surface area contributed by atoms with E-state index < -0.39 is 11.7 Å². The molecule has 1 aromatic carbocycles. The Balaban J connectivity index is 1.75. The lowest BCUT2D eigenvalue weighted by molar-refractivity contribution is -0.137. The molecule has 3 rings (SSSR count). The van der Waals surface area contributed by atoms with Crippen LogP contribution < -0.4 is 5.32 Å². The van der Waals surface area contributed by atoms with Gasteiger partial charge in [-0.25, -0.2) is 0 Å². The van der Waals surface area contributed by atoms with Crippen LogP contribution in [0.25, 0.3) is 0 Å². The van der Waals surface area contributed by atoms with E-state index >= 15 is 0 Å². The Morgan fingerprint density at radius 2 is 2.04 bits per heavy atom. The van der Waals surface area contributed by atoms with Crippen LogP contribution in [-0.4, -0.2) is 25.5 Å². The summed E-state index contributed by atoms with van der Waals surface area (Å²) in [5.74, 6) is -0.277. The molecule has 1 N–H and O–H groups in total. The van der Waals surface area contributed by atoms with E-state index in [1.165, 1.54) is 10.7 Å². The Kier molecular flexibility index (Phi) is 5.59. The van der Waals surface area contributed by atoms with Crippen molar-refractivity contribution in [1.29, 1.82) is 0 Å². The smallest absolute Gasteiger partial charge is 0.321 e. The number of aromatic nitrogens is 4. The molecule has 1 amide bonds. The number of hydrogen-bond donors (Lipinski definition) is 1. The zero-order valence-corrected chi connectivity index (χ0v) is 16.7. The van der Waals surface area contributed by atoms with Crippen LogP contribution in [0.3, 0.4) is 0 Å². The first-order chi connectivity index (χ1) is 13.1. The Morgan fingerprint density at radius 3 is 2.68 bits per heavy atom. The van der Waals surface area contributed by atoms with E-state index in [0.717, 1.165) is 16.6 Å². The van der Waals surface area contributed by atoms with Crippen molar-refractivity contribution < 1.29 is 18.0 Å². The number of halogens is 4. The minimum atomic E-state index is -4.40. The molecule has 0 bridgehead atoms. The highest BCUT2D eigenvalue weighted by molar-refractivity contribution is 9.10. The normalized spacial score (nSPS) is 11.6. The van der Waals surface area contributed by atoms with E-state index in [2.05, 4.69) is 31.4 Å². The van der Waals surface area contributed by atoms with Gasteiger partial charge in [-0.05, 0) is 47.5 Å². The molecule has 0 aliphatic rings. The molecule has 2 aromatic heterocycles. The molecule has 0 radical (unpaired) electrons. The van der Waals surface area contributed by atoms with Crippen molar-refractivity contribution >= 4 is 27.5 Å². The fourth-order valence-electron chi connectivity index (χ4n) is 2.80. The van der Waals surface area contributed by atoms with Gasteiger partial charge in [-0.15, -0.1) is 0 Å². The van der Waals surface area contributed by atoms with Crippen LogP contribution in [0.5, 0.6) is 0 Å². The van der Waals surface area contributed by atoms with Crippen LogP contribution >= 0.6 is 15.9 Å². The van der Waals surface area contributed by atoms with Gasteiger partial charge in [0.05, 0.1) is 39.9 Å². The molecule has 0 aliphatic carbocycles. The number of nitrogens with zero attached hydrogens (tertiary/aromatic N) is 4. The first-order valence-corrected chi connectivity index (χ1v) is 9.10. The molecule has 0 spiro atoms. The molecular weight excluding hydrogens is 439 g/mol. The molecule has 0 saturated carbocycles. The van der Waals surface area contributed by atoms with Crippen LogP contribution in [-0.2, 0) is 24.1 Å². The predicted molar refractivity (Wildman–Crippen MR) is 101 cm³/mol. The maximum absolute atomic E-state index is 12.9. The molecule has 0 unspecified atom stereocenters. The second-order valence-corrected chi connectivity index (χ2v) is 7.22. The van der Waals surface area contributed by atoms with Crippen LogP contribution in [0.2, 0.25) is 0 Å². The lowest BCUT2D eigenvalue weighted by Crippen LogP contribution is -2.19. The second-order valence-electron chi connectivity index (χ2n) is 6.31. The molecule has 0 saturated heterocycles. The molecule has 2 heterocycles. The standard InChI is InChI=1S/C18H17BrF3N5O/c1-11-17(24-16(28)10-26-9-15(19)7-23-26)12(2)27(25-11)8-13-4-3-5-14(6-13)18(20,21)22/h3-7,9H,8,10H2,1-2H3,(H,24,28). The Hall–Kier alpha value is -2.62. The number of carbonyl (C=O) groups is 1. The number of aryl methyl sites for hydroxylation is 1. The minimum Gasteiger partial charge on any atom is -0.321 e. The monoisotopic (exact) mass is 455 g/mol. The molecule has 0 atom stereocenters. The second kappa shape index (κ2) is 7.78. The van der Waals surface area contributed by atoms with Crippen molar-refractivity contribution in [2.75, 3.05) is 5.32 Å². The number of rotatable bonds is 5. The highest BCUT2D eigenvalue weighted by Crippen LogP contribution is 2.30. The van der Waals surface area contributed by atoms with Gasteiger partial charge in [-0.2, -0.15) is 23.4 Å². The summed E-state index contributed by atoms with van der Waals surface area (Å²) in [6, 6.07) is 5.11. The first-order valence-electron chi connectivity index (χ1n) is 8.31. The van der Waals surface area contributed by atoms with E-state index in [9.17, 15) is 18.0 Å². The number of benzene rings is 1. The molecule has 148 valence electrons. The van der Waals surface area contributed by atoms with Crippen molar-refractivity contribution in [2.45, 2.75) is 33.1 Å². The van der Waals surface area contributed by atoms with Gasteiger partial charge in [0.2, 0.25) is 5.91 Å². The summed E-state index contributed by atoms with van der Waals surface area (Å²) >= 11 is 3.27. The largest absolute Gasteiger partial charge is 0.416 e. The summed E-state index contributed by atoms with van der Waals surface area (Å²) in [6.07, 6.45) is -1.14. The first kappa shape index (κ1) is 20.1. The maximum atomic E-state index is 12.9. The van der Waals surface area contributed by atoms with E-state index in [1.807, 2.05) is 0 Å². The topological polar surface area (TPSA) is 64.7 Å². The zero-order chi connectivity index (χ0) is 20.5. The quantitative estimate of drug-likeness (QED) is 0.627. The van der Waals surface area contributed by atoms with Crippen molar-refractivity contribution in [1.82, 2.24) is 19.6 Å². The summed E-state index contributed by atoms with van der Waals surface area (Å²) in [7, 11) is 0.